The van der Waals surface area contributed by atoms with Crippen LogP contribution < -0.4 is 16.0 Å². The highest BCUT2D eigenvalue weighted by atomic mass is 16.4. The number of carboxylic acid groups (broad SMARTS) is 1. The lowest BCUT2D eigenvalue weighted by Gasteiger charge is -2.16. The quantitative estimate of drug-likeness (QED) is 0.262. The molecule has 5 N–H and O–H groups in total. The van der Waals surface area contributed by atoms with Gasteiger partial charge in [-0.15, -0.1) is 0 Å². The van der Waals surface area contributed by atoms with Crippen molar-refractivity contribution >= 4 is 28.7 Å². The summed E-state index contributed by atoms with van der Waals surface area (Å²) in [7, 11) is 0. The summed E-state index contributed by atoms with van der Waals surface area (Å²) in [6.07, 6.45) is 3.83. The number of unbranched alkanes of at least 4 members (excludes halogenated alkanes) is 1. The number of nitrogens with zero attached hydrogens (tertiary/aromatic N) is 1. The number of carbonyl (C=O) groups excluding carboxylic acids is 2. The first-order chi connectivity index (χ1) is 17.4. The Morgan fingerprint density at radius 1 is 1.14 bits per heavy atom. The van der Waals surface area contributed by atoms with Gasteiger partial charge in [0.1, 0.15) is 11.7 Å². The van der Waals surface area contributed by atoms with E-state index in [0.717, 1.165) is 60.9 Å². The monoisotopic (exact) mass is 491 g/mol. The third-order valence-electron chi connectivity index (χ3n) is 6.62. The van der Waals surface area contributed by atoms with Gasteiger partial charge in [-0.2, -0.15) is 0 Å². The fourth-order valence-corrected chi connectivity index (χ4v) is 4.55. The number of aryl methyl sites for hydroxylation is 2. The van der Waals surface area contributed by atoms with Gasteiger partial charge < -0.3 is 26.0 Å². The minimum atomic E-state index is -1.14. The molecule has 0 bridgehead atoms. The first-order valence-corrected chi connectivity index (χ1v) is 12.5. The lowest BCUT2D eigenvalue weighted by Crippen LogP contribution is -2.43. The molecule has 1 aromatic carbocycles. The van der Waals surface area contributed by atoms with Crippen molar-refractivity contribution in [3.63, 3.8) is 0 Å². The van der Waals surface area contributed by atoms with Gasteiger partial charge in [-0.3, -0.25) is 14.6 Å². The SMILES string of the molecule is Cc1c(C(=O)NC(CCNC(=O)CCCCc2ccc3c(n2)CCNC3)C(=O)O)[nH]c2ccccc12. The van der Waals surface area contributed by atoms with Gasteiger partial charge in [0.25, 0.3) is 5.91 Å². The van der Waals surface area contributed by atoms with Crippen LogP contribution in [0.2, 0.25) is 0 Å². The van der Waals surface area contributed by atoms with E-state index in [-0.39, 0.29) is 18.9 Å². The fraction of sp³-hybridized carbons (Fsp3) is 0.407. The van der Waals surface area contributed by atoms with E-state index in [1.807, 2.05) is 31.2 Å². The number of aromatic amines is 1. The van der Waals surface area contributed by atoms with Crippen molar-refractivity contribution < 1.29 is 19.5 Å². The van der Waals surface area contributed by atoms with E-state index in [4.69, 9.17) is 4.98 Å². The third kappa shape index (κ3) is 6.28. The number of carbonyl (C=O) groups is 3. The van der Waals surface area contributed by atoms with Crippen molar-refractivity contribution in [2.75, 3.05) is 13.1 Å². The average Bonchev–Trinajstić information content (AvgIpc) is 3.22. The highest BCUT2D eigenvalue weighted by Crippen LogP contribution is 2.21. The van der Waals surface area contributed by atoms with Gasteiger partial charge in [0.2, 0.25) is 5.91 Å². The molecule has 1 unspecified atom stereocenters. The number of rotatable bonds is 11. The Morgan fingerprint density at radius 3 is 2.78 bits per heavy atom. The minimum Gasteiger partial charge on any atom is -0.480 e. The molecule has 36 heavy (non-hydrogen) atoms. The van der Waals surface area contributed by atoms with Crippen LogP contribution in [0.4, 0.5) is 0 Å². The maximum absolute atomic E-state index is 12.7. The Labute approximate surface area is 210 Å². The Morgan fingerprint density at radius 2 is 1.97 bits per heavy atom. The molecule has 3 aromatic rings. The van der Waals surface area contributed by atoms with Crippen LogP contribution in [0.3, 0.4) is 0 Å². The average molecular weight is 492 g/mol. The lowest BCUT2D eigenvalue weighted by molar-refractivity contribution is -0.139. The van der Waals surface area contributed by atoms with Crippen LogP contribution in [0.15, 0.2) is 36.4 Å². The molecule has 0 radical (unpaired) electrons. The number of amides is 2. The number of H-pyrrole nitrogens is 1. The molecule has 2 amide bonds. The maximum atomic E-state index is 12.7. The van der Waals surface area contributed by atoms with E-state index in [9.17, 15) is 19.5 Å². The van der Waals surface area contributed by atoms with Crippen molar-refractivity contribution in [2.24, 2.45) is 0 Å². The molecule has 9 nitrogen and oxygen atoms in total. The van der Waals surface area contributed by atoms with Crippen LogP contribution in [0.5, 0.6) is 0 Å². The van der Waals surface area contributed by atoms with Crippen LogP contribution in [0.1, 0.15) is 58.7 Å². The molecule has 1 aliphatic heterocycles. The standard InChI is InChI=1S/C27H33N5O4/c1-17-20-7-3-4-8-22(20)31-25(17)26(34)32-23(27(35)36)13-15-29-24(33)9-5-2-6-19-11-10-18-16-28-14-12-21(18)30-19/h3-4,7-8,10-11,23,28,31H,2,5-6,9,12-16H2,1H3,(H,29,33)(H,32,34)(H,35,36). The Bertz CT molecular complexity index is 1250. The first kappa shape index (κ1) is 25.4. The molecule has 9 heteroatoms. The largest absolute Gasteiger partial charge is 0.480 e. The lowest BCUT2D eigenvalue weighted by atomic mass is 10.0. The molecule has 3 heterocycles. The number of para-hydroxylation sites is 1. The minimum absolute atomic E-state index is 0.0972. The van der Waals surface area contributed by atoms with Gasteiger partial charge in [-0.05, 0) is 55.9 Å². The zero-order valence-electron chi connectivity index (χ0n) is 20.5. The molecular weight excluding hydrogens is 458 g/mol. The highest BCUT2D eigenvalue weighted by Gasteiger charge is 2.23. The van der Waals surface area contributed by atoms with Crippen LogP contribution in [-0.4, -0.2) is 52.0 Å². The van der Waals surface area contributed by atoms with Crippen molar-refractivity contribution in [3.8, 4) is 0 Å². The molecular formula is C27H33N5O4. The molecule has 0 saturated heterocycles. The second-order valence-electron chi connectivity index (χ2n) is 9.22. The first-order valence-electron chi connectivity index (χ1n) is 12.5. The van der Waals surface area contributed by atoms with Gasteiger partial charge >= 0.3 is 5.97 Å². The van der Waals surface area contributed by atoms with E-state index in [1.165, 1.54) is 11.3 Å². The van der Waals surface area contributed by atoms with Crippen molar-refractivity contribution in [1.82, 2.24) is 25.9 Å². The van der Waals surface area contributed by atoms with E-state index in [1.54, 1.807) is 0 Å². The molecule has 1 aliphatic rings. The molecule has 0 spiro atoms. The molecule has 0 aliphatic carbocycles. The smallest absolute Gasteiger partial charge is 0.326 e. The fourth-order valence-electron chi connectivity index (χ4n) is 4.55. The maximum Gasteiger partial charge on any atom is 0.326 e. The third-order valence-corrected chi connectivity index (χ3v) is 6.62. The zero-order chi connectivity index (χ0) is 25.5. The van der Waals surface area contributed by atoms with Crippen LogP contribution in [0, 0.1) is 6.92 Å². The zero-order valence-corrected chi connectivity index (χ0v) is 20.5. The number of nitrogens with one attached hydrogen (secondary N) is 4. The number of aliphatic carboxylic acids is 1. The Hall–Kier alpha value is -3.72. The highest BCUT2D eigenvalue weighted by molar-refractivity contribution is 6.02. The summed E-state index contributed by atoms with van der Waals surface area (Å²) in [6, 6.07) is 10.6. The topological polar surface area (TPSA) is 136 Å². The molecule has 1 atom stereocenters. The van der Waals surface area contributed by atoms with E-state index >= 15 is 0 Å². The van der Waals surface area contributed by atoms with Crippen molar-refractivity contribution in [3.05, 3.63) is 64.6 Å². The van der Waals surface area contributed by atoms with E-state index in [2.05, 4.69) is 33.1 Å². The normalized spacial score (nSPS) is 13.7. The van der Waals surface area contributed by atoms with Gasteiger partial charge in [0.15, 0.2) is 0 Å². The van der Waals surface area contributed by atoms with Gasteiger partial charge in [-0.1, -0.05) is 24.3 Å². The molecule has 4 rings (SSSR count). The van der Waals surface area contributed by atoms with Crippen LogP contribution in [0.25, 0.3) is 10.9 Å². The molecule has 2 aromatic heterocycles. The van der Waals surface area contributed by atoms with Crippen molar-refractivity contribution in [2.45, 2.75) is 58.0 Å². The van der Waals surface area contributed by atoms with Crippen molar-refractivity contribution in [1.29, 1.82) is 0 Å². The molecule has 0 fully saturated rings. The number of fused-ring (bicyclic) bond motifs is 2. The Kier molecular flexibility index (Phi) is 8.32. The second kappa shape index (κ2) is 11.8. The summed E-state index contributed by atoms with van der Waals surface area (Å²) < 4.78 is 0. The number of carboxylic acids is 1. The predicted octanol–water partition coefficient (Wildman–Crippen LogP) is 2.62. The van der Waals surface area contributed by atoms with Gasteiger partial charge in [-0.25, -0.2) is 4.79 Å². The summed E-state index contributed by atoms with van der Waals surface area (Å²) >= 11 is 0. The summed E-state index contributed by atoms with van der Waals surface area (Å²) in [4.78, 5) is 44.4. The van der Waals surface area contributed by atoms with Gasteiger partial charge in [0.05, 0.1) is 0 Å². The summed E-state index contributed by atoms with van der Waals surface area (Å²) in [6.45, 7) is 3.82. The number of aromatic nitrogens is 2. The van der Waals surface area contributed by atoms with Crippen LogP contribution >= 0.6 is 0 Å². The predicted molar refractivity (Wildman–Crippen MR) is 137 cm³/mol. The van der Waals surface area contributed by atoms with Gasteiger partial charge in [0, 0.05) is 54.8 Å². The van der Waals surface area contributed by atoms with Crippen LogP contribution in [-0.2, 0) is 29.0 Å². The van der Waals surface area contributed by atoms with E-state index < -0.39 is 17.9 Å². The Balaban J connectivity index is 1.18. The number of pyridine rings is 1. The number of benzene rings is 1. The summed E-state index contributed by atoms with van der Waals surface area (Å²) in [5.74, 6) is -1.74. The number of hydrogen-bond acceptors (Lipinski definition) is 5. The number of hydrogen-bond donors (Lipinski definition) is 5. The molecule has 190 valence electrons. The second-order valence-corrected chi connectivity index (χ2v) is 9.22. The summed E-state index contributed by atoms with van der Waals surface area (Å²) in [5.41, 5.74) is 5.42. The summed E-state index contributed by atoms with van der Waals surface area (Å²) in [5, 5.41) is 19.1. The van der Waals surface area contributed by atoms with E-state index in [0.29, 0.717) is 12.1 Å². The molecule has 0 saturated carbocycles.